The molecular formula is C24H36N2O11S3. The number of carboxylic acids is 3. The summed E-state index contributed by atoms with van der Waals surface area (Å²) in [6.45, 7) is 6.26. The van der Waals surface area contributed by atoms with Crippen LogP contribution in [0, 0.1) is 0 Å². The maximum atomic E-state index is 11.8. The van der Waals surface area contributed by atoms with Crippen molar-refractivity contribution in [2.75, 3.05) is 23.8 Å². The highest BCUT2D eigenvalue weighted by Gasteiger charge is 2.38. The molecule has 1 heterocycles. The zero-order chi connectivity index (χ0) is 31.1. The summed E-state index contributed by atoms with van der Waals surface area (Å²) in [6, 6.07) is 0. The van der Waals surface area contributed by atoms with Crippen LogP contribution < -0.4 is 0 Å². The Morgan fingerprint density at radius 2 is 1.38 bits per heavy atom. The maximum Gasteiger partial charge on any atom is 0.313 e. The SMILES string of the molecule is C=NC(=O)CCCC(=O)O.CC(=O)CCCN1C(=O)CC(SCC(=O)O)C1=O.CC(=O)CCSSCCC(=O)O. The molecule has 0 aromatic carbocycles. The van der Waals surface area contributed by atoms with Crippen molar-refractivity contribution in [2.45, 2.75) is 70.5 Å². The fourth-order valence-electron chi connectivity index (χ4n) is 2.58. The number of aliphatic imine (C=N–C) groups is 1. The fraction of sp³-hybridized carbons (Fsp3) is 0.625. The van der Waals surface area contributed by atoms with Crippen LogP contribution in [0.1, 0.15) is 65.2 Å². The monoisotopic (exact) mass is 624 g/mol. The molecule has 3 N–H and O–H groups in total. The van der Waals surface area contributed by atoms with Crippen molar-refractivity contribution in [2.24, 2.45) is 4.99 Å². The molecule has 226 valence electrons. The second kappa shape index (κ2) is 24.1. The lowest BCUT2D eigenvalue weighted by atomic mass is 10.2. The lowest BCUT2D eigenvalue weighted by Gasteiger charge is -2.13. The number of carbonyl (C=O) groups is 8. The van der Waals surface area contributed by atoms with Crippen molar-refractivity contribution in [1.82, 2.24) is 4.90 Å². The van der Waals surface area contributed by atoms with Crippen LogP contribution in [0.25, 0.3) is 0 Å². The van der Waals surface area contributed by atoms with Gasteiger partial charge in [0.1, 0.15) is 11.6 Å². The van der Waals surface area contributed by atoms with Crippen molar-refractivity contribution >= 4 is 87.3 Å². The molecule has 1 fully saturated rings. The molecule has 0 aromatic rings. The van der Waals surface area contributed by atoms with E-state index in [0.717, 1.165) is 22.4 Å². The van der Waals surface area contributed by atoms with Gasteiger partial charge in [-0.2, -0.15) is 0 Å². The molecule has 0 saturated carbocycles. The molecule has 1 rings (SSSR count). The standard InChI is InChI=1S/C11H15NO5S.C7H12O3S2.C6H9NO3/c1-7(13)3-2-4-12-9(14)5-8(11(12)17)18-6-10(15)16;1-6(8)2-4-11-12-5-3-7(9)10;1-7-5(8)3-2-4-6(9)10/h8H,2-6H2,1H3,(H,15,16);2-5H2,1H3,(H,9,10);1-4H2,(H,9,10). The lowest BCUT2D eigenvalue weighted by molar-refractivity contribution is -0.139. The molecule has 1 atom stereocenters. The first-order chi connectivity index (χ1) is 18.7. The quantitative estimate of drug-likeness (QED) is 0.0865. The fourth-order valence-corrected chi connectivity index (χ4v) is 5.52. The smallest absolute Gasteiger partial charge is 0.313 e. The highest BCUT2D eigenvalue weighted by molar-refractivity contribution is 8.76. The topological polar surface area (TPSA) is 213 Å². The molecule has 1 aliphatic rings. The molecule has 1 aliphatic heterocycles. The third kappa shape index (κ3) is 24.3. The number of ketones is 2. The summed E-state index contributed by atoms with van der Waals surface area (Å²) in [6.07, 6.45) is 2.15. The molecule has 1 unspecified atom stereocenters. The van der Waals surface area contributed by atoms with Crippen molar-refractivity contribution in [1.29, 1.82) is 0 Å². The van der Waals surface area contributed by atoms with E-state index < -0.39 is 23.2 Å². The number of likely N-dealkylation sites (tertiary alicyclic amines) is 1. The van der Waals surface area contributed by atoms with E-state index in [4.69, 9.17) is 15.3 Å². The number of aliphatic carboxylic acids is 3. The van der Waals surface area contributed by atoms with Crippen LogP contribution in [0.3, 0.4) is 0 Å². The van der Waals surface area contributed by atoms with Gasteiger partial charge in [-0.15, -0.1) is 11.8 Å². The molecule has 40 heavy (non-hydrogen) atoms. The van der Waals surface area contributed by atoms with Gasteiger partial charge >= 0.3 is 17.9 Å². The van der Waals surface area contributed by atoms with Gasteiger partial charge in [0.15, 0.2) is 0 Å². The Hall–Kier alpha value is -2.72. The summed E-state index contributed by atoms with van der Waals surface area (Å²) in [5.41, 5.74) is 0. The molecule has 16 heteroatoms. The van der Waals surface area contributed by atoms with E-state index in [2.05, 4.69) is 11.7 Å². The number of rotatable bonds is 18. The Kier molecular flexibility index (Phi) is 23.8. The van der Waals surface area contributed by atoms with E-state index in [1.54, 1.807) is 17.7 Å². The second-order valence-corrected chi connectivity index (χ2v) is 12.0. The van der Waals surface area contributed by atoms with E-state index in [0.29, 0.717) is 31.4 Å². The Morgan fingerprint density at radius 1 is 0.825 bits per heavy atom. The third-order valence-corrected chi connectivity index (χ3v) is 8.09. The molecule has 13 nitrogen and oxygen atoms in total. The molecule has 0 bridgehead atoms. The summed E-state index contributed by atoms with van der Waals surface area (Å²) < 4.78 is 0. The van der Waals surface area contributed by atoms with Gasteiger partial charge in [0.25, 0.3) is 0 Å². The maximum absolute atomic E-state index is 11.8. The average Bonchev–Trinajstić information content (AvgIpc) is 3.12. The number of amides is 3. The van der Waals surface area contributed by atoms with Crippen molar-refractivity contribution in [3.8, 4) is 0 Å². The van der Waals surface area contributed by atoms with Crippen LogP contribution in [-0.4, -0.2) is 103 Å². The Labute approximate surface area is 244 Å². The lowest BCUT2D eigenvalue weighted by Crippen LogP contribution is -2.32. The number of hydrogen-bond acceptors (Lipinski definition) is 11. The summed E-state index contributed by atoms with van der Waals surface area (Å²) in [4.78, 5) is 89.6. The number of nitrogens with zero attached hydrogens (tertiary/aromatic N) is 2. The number of hydrogen-bond donors (Lipinski definition) is 3. The highest BCUT2D eigenvalue weighted by Crippen LogP contribution is 2.25. The van der Waals surface area contributed by atoms with Gasteiger partial charge in [0.2, 0.25) is 17.7 Å². The number of thioether (sulfide) groups is 1. The molecule has 0 aromatic heterocycles. The van der Waals surface area contributed by atoms with E-state index in [1.807, 2.05) is 0 Å². The minimum atomic E-state index is -1.00. The van der Waals surface area contributed by atoms with Gasteiger partial charge in [-0.3, -0.25) is 38.5 Å². The predicted octanol–water partition coefficient (Wildman–Crippen LogP) is 2.59. The van der Waals surface area contributed by atoms with Crippen LogP contribution in [-0.2, 0) is 38.4 Å². The van der Waals surface area contributed by atoms with Crippen molar-refractivity contribution in [3.05, 3.63) is 0 Å². The average molecular weight is 625 g/mol. The van der Waals surface area contributed by atoms with Crippen LogP contribution >= 0.6 is 33.3 Å². The Morgan fingerprint density at radius 3 is 1.85 bits per heavy atom. The number of Topliss-reactive ketones (excluding diaryl/α,β-unsaturated/α-hetero) is 2. The zero-order valence-electron chi connectivity index (χ0n) is 22.5. The Bertz CT molecular complexity index is 894. The number of carbonyl (C=O) groups excluding carboxylic acids is 5. The van der Waals surface area contributed by atoms with Gasteiger partial charge in [0, 0.05) is 50.2 Å². The number of imide groups is 1. The second-order valence-electron chi connectivity index (χ2n) is 8.13. The van der Waals surface area contributed by atoms with E-state index in [9.17, 15) is 38.4 Å². The van der Waals surface area contributed by atoms with Crippen molar-refractivity contribution < 1.29 is 53.7 Å². The first-order valence-electron chi connectivity index (χ1n) is 12.0. The minimum absolute atomic E-state index is 0.0151. The zero-order valence-corrected chi connectivity index (χ0v) is 24.9. The molecule has 0 aliphatic carbocycles. The molecule has 0 spiro atoms. The summed E-state index contributed by atoms with van der Waals surface area (Å²) in [7, 11) is 3.06. The third-order valence-electron chi connectivity index (χ3n) is 4.50. The van der Waals surface area contributed by atoms with Crippen LogP contribution in [0.5, 0.6) is 0 Å². The predicted molar refractivity (Wildman–Crippen MR) is 154 cm³/mol. The van der Waals surface area contributed by atoms with Gasteiger partial charge < -0.3 is 20.1 Å². The van der Waals surface area contributed by atoms with Gasteiger partial charge in [-0.25, -0.2) is 4.99 Å². The summed E-state index contributed by atoms with van der Waals surface area (Å²) in [5.74, 6) is -2.24. The van der Waals surface area contributed by atoms with Crippen LogP contribution in [0.15, 0.2) is 4.99 Å². The molecule has 3 amide bonds. The van der Waals surface area contributed by atoms with Crippen LogP contribution in [0.2, 0.25) is 0 Å². The van der Waals surface area contributed by atoms with Gasteiger partial charge in [0.05, 0.1) is 17.4 Å². The normalized spacial score (nSPS) is 13.8. The van der Waals surface area contributed by atoms with E-state index >= 15 is 0 Å². The highest BCUT2D eigenvalue weighted by atomic mass is 33.1. The first kappa shape index (κ1) is 39.4. The van der Waals surface area contributed by atoms with Gasteiger partial charge in [-0.1, -0.05) is 21.6 Å². The Balaban J connectivity index is 0. The van der Waals surface area contributed by atoms with Crippen molar-refractivity contribution in [3.63, 3.8) is 0 Å². The van der Waals surface area contributed by atoms with Crippen LogP contribution in [0.4, 0.5) is 0 Å². The molecule has 1 saturated heterocycles. The first-order valence-corrected chi connectivity index (χ1v) is 15.6. The minimum Gasteiger partial charge on any atom is -0.481 e. The van der Waals surface area contributed by atoms with E-state index in [-0.39, 0.29) is 67.3 Å². The summed E-state index contributed by atoms with van der Waals surface area (Å²) in [5, 5.41) is 24.4. The molecular weight excluding hydrogens is 588 g/mol. The number of carboxylic acid groups (broad SMARTS) is 3. The summed E-state index contributed by atoms with van der Waals surface area (Å²) >= 11 is 0.969. The largest absolute Gasteiger partial charge is 0.481 e. The van der Waals surface area contributed by atoms with E-state index in [1.165, 1.54) is 17.7 Å². The molecule has 0 radical (unpaired) electrons. The van der Waals surface area contributed by atoms with Gasteiger partial charge in [-0.05, 0) is 33.4 Å².